The molecular weight excluding hydrogens is 418 g/mol. The molecule has 6 heteroatoms. The minimum Gasteiger partial charge on any atom is -0.313 e. The van der Waals surface area contributed by atoms with Crippen molar-refractivity contribution in [2.75, 3.05) is 7.05 Å². The van der Waals surface area contributed by atoms with E-state index < -0.39 is 10.0 Å². The molecule has 5 nitrogen and oxygen atoms in total. The van der Waals surface area contributed by atoms with Crippen molar-refractivity contribution in [3.05, 3.63) is 96.4 Å². The highest BCUT2D eigenvalue weighted by atomic mass is 32.2. The second-order valence-electron chi connectivity index (χ2n) is 8.08. The van der Waals surface area contributed by atoms with Gasteiger partial charge in [0.25, 0.3) is 10.0 Å². The van der Waals surface area contributed by atoms with E-state index in [0.29, 0.717) is 0 Å². The molecular formula is C26H25N3O2S. The molecule has 5 rings (SSSR count). The Morgan fingerprint density at radius 2 is 1.66 bits per heavy atom. The van der Waals surface area contributed by atoms with Crippen molar-refractivity contribution in [2.24, 2.45) is 0 Å². The number of hydrogen-bond acceptors (Lipinski definition) is 4. The normalized spacial score (nSPS) is 16.0. The Hall–Kier alpha value is -3.22. The molecule has 0 spiro atoms. The second-order valence-corrected chi connectivity index (χ2v) is 9.89. The lowest BCUT2D eigenvalue weighted by atomic mass is 9.88. The lowest BCUT2D eigenvalue weighted by molar-refractivity contribution is 0.499. The van der Waals surface area contributed by atoms with E-state index in [1.807, 2.05) is 37.4 Å². The molecule has 0 radical (unpaired) electrons. The SMILES string of the molecule is CNC1CCCc2c1cn(S(=O)(=O)c1cccnc1)c2-c1ccc(-c2ccccc2)cc1. The van der Waals surface area contributed by atoms with Crippen molar-refractivity contribution in [3.63, 3.8) is 0 Å². The number of pyridine rings is 1. The number of hydrogen-bond donors (Lipinski definition) is 1. The summed E-state index contributed by atoms with van der Waals surface area (Å²) < 4.78 is 28.7. The van der Waals surface area contributed by atoms with Crippen molar-refractivity contribution >= 4 is 10.0 Å². The van der Waals surface area contributed by atoms with Gasteiger partial charge in [0.1, 0.15) is 4.90 Å². The fourth-order valence-electron chi connectivity index (χ4n) is 4.60. The van der Waals surface area contributed by atoms with Gasteiger partial charge >= 0.3 is 0 Å². The van der Waals surface area contributed by atoms with Crippen molar-refractivity contribution in [1.82, 2.24) is 14.3 Å². The van der Waals surface area contributed by atoms with E-state index in [1.54, 1.807) is 24.5 Å². The number of benzene rings is 2. The molecule has 1 N–H and O–H groups in total. The molecule has 162 valence electrons. The second kappa shape index (κ2) is 8.37. The fraction of sp³-hybridized carbons (Fsp3) is 0.192. The van der Waals surface area contributed by atoms with Crippen molar-refractivity contribution < 1.29 is 8.42 Å². The van der Waals surface area contributed by atoms with Crippen LogP contribution >= 0.6 is 0 Å². The first-order chi connectivity index (χ1) is 15.6. The summed E-state index contributed by atoms with van der Waals surface area (Å²) >= 11 is 0. The summed E-state index contributed by atoms with van der Waals surface area (Å²) in [7, 11) is -1.85. The smallest absolute Gasteiger partial charge is 0.269 e. The highest BCUT2D eigenvalue weighted by molar-refractivity contribution is 7.90. The summed E-state index contributed by atoms with van der Waals surface area (Å²) in [5.74, 6) is 0. The van der Waals surface area contributed by atoms with Gasteiger partial charge in [0.2, 0.25) is 0 Å². The number of rotatable bonds is 5. The van der Waals surface area contributed by atoms with Gasteiger partial charge in [0.15, 0.2) is 0 Å². The van der Waals surface area contributed by atoms with Crippen LogP contribution in [-0.2, 0) is 16.4 Å². The quantitative estimate of drug-likeness (QED) is 0.469. The predicted octanol–water partition coefficient (Wildman–Crippen LogP) is 5.05. The van der Waals surface area contributed by atoms with Gasteiger partial charge in [-0.2, -0.15) is 0 Å². The predicted molar refractivity (Wildman–Crippen MR) is 127 cm³/mol. The molecule has 2 aromatic heterocycles. The minimum atomic E-state index is -3.78. The first-order valence-electron chi connectivity index (χ1n) is 10.8. The molecule has 2 heterocycles. The lowest BCUT2D eigenvalue weighted by Crippen LogP contribution is -2.20. The van der Waals surface area contributed by atoms with Crippen LogP contribution in [0.3, 0.4) is 0 Å². The summed E-state index contributed by atoms with van der Waals surface area (Å²) in [6.45, 7) is 0. The van der Waals surface area contributed by atoms with Crippen molar-refractivity contribution in [3.8, 4) is 22.4 Å². The van der Waals surface area contributed by atoms with Crippen molar-refractivity contribution in [2.45, 2.75) is 30.2 Å². The van der Waals surface area contributed by atoms with E-state index in [1.165, 1.54) is 10.2 Å². The summed E-state index contributed by atoms with van der Waals surface area (Å²) in [4.78, 5) is 4.22. The van der Waals surface area contributed by atoms with Gasteiger partial charge in [0, 0.05) is 24.6 Å². The van der Waals surface area contributed by atoms with Crippen LogP contribution in [-0.4, -0.2) is 24.4 Å². The molecule has 1 unspecified atom stereocenters. The molecule has 0 saturated carbocycles. The zero-order chi connectivity index (χ0) is 22.1. The maximum absolute atomic E-state index is 13.6. The van der Waals surface area contributed by atoms with Gasteiger partial charge in [-0.25, -0.2) is 12.4 Å². The van der Waals surface area contributed by atoms with Gasteiger partial charge in [-0.3, -0.25) is 4.98 Å². The number of nitrogens with one attached hydrogen (secondary N) is 1. The molecule has 0 bridgehead atoms. The molecule has 4 aromatic rings. The zero-order valence-corrected chi connectivity index (χ0v) is 18.7. The first kappa shape index (κ1) is 20.7. The van der Waals surface area contributed by atoms with E-state index in [0.717, 1.165) is 52.8 Å². The highest BCUT2D eigenvalue weighted by Crippen LogP contribution is 2.40. The van der Waals surface area contributed by atoms with Gasteiger partial charge < -0.3 is 5.32 Å². The van der Waals surface area contributed by atoms with Crippen LogP contribution in [0.4, 0.5) is 0 Å². The molecule has 1 aliphatic rings. The van der Waals surface area contributed by atoms with E-state index >= 15 is 0 Å². The molecule has 2 aromatic carbocycles. The Morgan fingerprint density at radius 1 is 0.938 bits per heavy atom. The third-order valence-electron chi connectivity index (χ3n) is 6.21. The summed E-state index contributed by atoms with van der Waals surface area (Å²) in [5.41, 5.74) is 6.06. The van der Waals surface area contributed by atoms with E-state index in [9.17, 15) is 8.42 Å². The standard InChI is InChI=1S/C26H25N3O2S/c1-27-25-11-5-10-23-24(25)18-29(32(30,31)22-9-6-16-28-17-22)26(23)21-14-12-20(13-15-21)19-7-3-2-4-8-19/h2-4,6-9,12-18,25,27H,5,10-11H2,1H3. The average molecular weight is 444 g/mol. The minimum absolute atomic E-state index is 0.145. The Labute approximate surface area is 188 Å². The Balaban J connectivity index is 1.68. The molecule has 1 aliphatic carbocycles. The van der Waals surface area contributed by atoms with Crippen LogP contribution in [0.25, 0.3) is 22.4 Å². The Morgan fingerprint density at radius 3 is 2.34 bits per heavy atom. The first-order valence-corrected chi connectivity index (χ1v) is 12.3. The zero-order valence-electron chi connectivity index (χ0n) is 17.9. The molecule has 0 amide bonds. The van der Waals surface area contributed by atoms with Crippen molar-refractivity contribution in [1.29, 1.82) is 0 Å². The van der Waals surface area contributed by atoms with Gasteiger partial charge in [0.05, 0.1) is 5.69 Å². The van der Waals surface area contributed by atoms with E-state index in [2.05, 4.69) is 34.6 Å². The number of aromatic nitrogens is 2. The third-order valence-corrected chi connectivity index (χ3v) is 7.85. The molecule has 0 saturated heterocycles. The van der Waals surface area contributed by atoms with Crippen LogP contribution in [0.15, 0.2) is 90.2 Å². The van der Waals surface area contributed by atoms with Crippen LogP contribution in [0.1, 0.15) is 30.0 Å². The topological polar surface area (TPSA) is 64.0 Å². The van der Waals surface area contributed by atoms with E-state index in [4.69, 9.17) is 0 Å². The lowest BCUT2D eigenvalue weighted by Gasteiger charge is -2.22. The fourth-order valence-corrected chi connectivity index (χ4v) is 5.98. The van der Waals surface area contributed by atoms with Gasteiger partial charge in [-0.05, 0) is 66.3 Å². The number of nitrogens with zero attached hydrogens (tertiary/aromatic N) is 2. The maximum Gasteiger partial charge on any atom is 0.269 e. The summed E-state index contributed by atoms with van der Waals surface area (Å²) in [5, 5.41) is 3.35. The van der Waals surface area contributed by atoms with Crippen LogP contribution in [0, 0.1) is 0 Å². The van der Waals surface area contributed by atoms with E-state index in [-0.39, 0.29) is 10.9 Å². The summed E-state index contributed by atoms with van der Waals surface area (Å²) in [6, 6.07) is 21.7. The van der Waals surface area contributed by atoms with Crippen LogP contribution in [0.5, 0.6) is 0 Å². The Bertz CT molecular complexity index is 1330. The van der Waals surface area contributed by atoms with Crippen LogP contribution in [0.2, 0.25) is 0 Å². The van der Waals surface area contributed by atoms with Gasteiger partial charge in [-0.15, -0.1) is 0 Å². The number of fused-ring (bicyclic) bond motifs is 1. The molecule has 32 heavy (non-hydrogen) atoms. The largest absolute Gasteiger partial charge is 0.313 e. The summed E-state index contributed by atoms with van der Waals surface area (Å²) in [6.07, 6.45) is 7.67. The maximum atomic E-state index is 13.6. The monoisotopic (exact) mass is 443 g/mol. The third kappa shape index (κ3) is 3.55. The average Bonchev–Trinajstić information content (AvgIpc) is 3.26. The Kier molecular flexibility index (Phi) is 5.41. The van der Waals surface area contributed by atoms with Gasteiger partial charge in [-0.1, -0.05) is 54.6 Å². The molecule has 0 aliphatic heterocycles. The molecule has 1 atom stereocenters. The molecule has 0 fully saturated rings. The highest BCUT2D eigenvalue weighted by Gasteiger charge is 2.30. The van der Waals surface area contributed by atoms with Crippen LogP contribution < -0.4 is 5.32 Å².